The first kappa shape index (κ1) is 23.7. The van der Waals surface area contributed by atoms with Crippen LogP contribution in [0.5, 0.6) is 0 Å². The van der Waals surface area contributed by atoms with Crippen LogP contribution >= 0.6 is 0 Å². The first-order chi connectivity index (χ1) is 4.66. The molecule has 0 aromatic rings. The standard InChI is InChI=1S/C8H18N2.2CH3.Y/c1-5-8(4)10-6-9-7(2)3;;;/h7-8H,5-6H2,1-4H3;2*1H3;/q-2;2*-1;. The Hall–Kier alpha value is 1.02. The molecule has 0 fully saturated rings. The summed E-state index contributed by atoms with van der Waals surface area (Å²) in [7, 11) is 0. The molecular weight excluding hydrogens is 237 g/mol. The van der Waals surface area contributed by atoms with Crippen LogP contribution in [0, 0.1) is 14.9 Å². The third-order valence-corrected chi connectivity index (χ3v) is 1.43. The summed E-state index contributed by atoms with van der Waals surface area (Å²) in [5.41, 5.74) is 0. The van der Waals surface area contributed by atoms with Crippen LogP contribution in [0.4, 0.5) is 0 Å². The molecule has 0 aliphatic heterocycles. The Morgan fingerprint density at radius 2 is 1.46 bits per heavy atom. The van der Waals surface area contributed by atoms with Crippen molar-refractivity contribution in [2.24, 2.45) is 0 Å². The van der Waals surface area contributed by atoms with Crippen LogP contribution in [0.25, 0.3) is 10.6 Å². The van der Waals surface area contributed by atoms with E-state index < -0.39 is 0 Å². The third kappa shape index (κ3) is 19.4. The van der Waals surface area contributed by atoms with Crippen LogP contribution in [0.3, 0.4) is 0 Å². The third-order valence-electron chi connectivity index (χ3n) is 1.43. The molecule has 0 heterocycles. The van der Waals surface area contributed by atoms with Gasteiger partial charge in [0.25, 0.3) is 0 Å². The summed E-state index contributed by atoms with van der Waals surface area (Å²) in [4.78, 5) is 0. The summed E-state index contributed by atoms with van der Waals surface area (Å²) < 4.78 is 0. The fourth-order valence-corrected chi connectivity index (χ4v) is 0.479. The molecule has 1 unspecified atom stereocenters. The number of hydrogen-bond donors (Lipinski definition) is 0. The van der Waals surface area contributed by atoms with Crippen molar-refractivity contribution < 1.29 is 32.7 Å². The first-order valence-corrected chi connectivity index (χ1v) is 4.00. The van der Waals surface area contributed by atoms with Crippen LogP contribution in [0.2, 0.25) is 0 Å². The second kappa shape index (κ2) is 15.5. The molecule has 0 aliphatic rings. The quantitative estimate of drug-likeness (QED) is 0.673. The summed E-state index contributed by atoms with van der Waals surface area (Å²) in [6, 6.07) is 0.898. The van der Waals surface area contributed by atoms with Gasteiger partial charge in [-0.15, -0.1) is 12.1 Å². The molecule has 0 bridgehead atoms. The first-order valence-electron chi connectivity index (χ1n) is 4.00. The molecule has 2 nitrogen and oxygen atoms in total. The van der Waals surface area contributed by atoms with E-state index in [1.165, 1.54) is 0 Å². The Kier molecular flexibility index (Phi) is 28.2. The topological polar surface area (TPSA) is 28.2 Å². The van der Waals surface area contributed by atoms with Gasteiger partial charge in [0.15, 0.2) is 0 Å². The SMILES string of the molecule is CCC(C)[N-]C[N-]C(C)C.[CH3-].[CH3-].[Y]. The molecule has 0 amide bonds. The van der Waals surface area contributed by atoms with Crippen LogP contribution in [0.1, 0.15) is 34.1 Å². The van der Waals surface area contributed by atoms with E-state index in [0.717, 1.165) is 6.42 Å². The van der Waals surface area contributed by atoms with Gasteiger partial charge >= 0.3 is 0 Å². The van der Waals surface area contributed by atoms with Gasteiger partial charge in [-0.1, -0.05) is 34.1 Å². The molecule has 0 saturated carbocycles. The normalized spacial score (nSPS) is 10.8. The van der Waals surface area contributed by atoms with Gasteiger partial charge in [-0.25, -0.2) is 0 Å². The van der Waals surface area contributed by atoms with Gasteiger partial charge < -0.3 is 25.5 Å². The summed E-state index contributed by atoms with van der Waals surface area (Å²) in [6.07, 6.45) is 1.12. The molecule has 0 aromatic carbocycles. The average molecular weight is 261 g/mol. The van der Waals surface area contributed by atoms with Crippen LogP contribution in [-0.2, 0) is 32.7 Å². The number of rotatable bonds is 5. The molecule has 13 heavy (non-hydrogen) atoms. The fraction of sp³-hybridized carbons (Fsp3) is 0.800. The van der Waals surface area contributed by atoms with E-state index in [1.807, 2.05) is 0 Å². The Morgan fingerprint density at radius 1 is 1.00 bits per heavy atom. The molecule has 3 heteroatoms. The summed E-state index contributed by atoms with van der Waals surface area (Å²) in [5.74, 6) is 0. The molecule has 1 atom stereocenters. The van der Waals surface area contributed by atoms with Crippen molar-refractivity contribution >= 4 is 0 Å². The molecule has 0 saturated heterocycles. The maximum atomic E-state index is 4.32. The summed E-state index contributed by atoms with van der Waals surface area (Å²) >= 11 is 0. The van der Waals surface area contributed by atoms with Gasteiger partial charge in [-0.05, 0) is 0 Å². The second-order valence-electron chi connectivity index (χ2n) is 2.86. The molecule has 0 aliphatic carbocycles. The Labute approximate surface area is 111 Å². The molecular formula is C10H24N2Y-4. The zero-order valence-corrected chi connectivity index (χ0v) is 12.9. The molecule has 1 radical (unpaired) electrons. The van der Waals surface area contributed by atoms with Gasteiger partial charge in [0.1, 0.15) is 0 Å². The van der Waals surface area contributed by atoms with Crippen molar-refractivity contribution in [3.63, 3.8) is 0 Å². The van der Waals surface area contributed by atoms with Crippen molar-refractivity contribution in [2.45, 2.75) is 46.2 Å². The van der Waals surface area contributed by atoms with E-state index in [4.69, 9.17) is 0 Å². The van der Waals surface area contributed by atoms with E-state index in [2.05, 4.69) is 38.3 Å². The van der Waals surface area contributed by atoms with Crippen molar-refractivity contribution in [2.75, 3.05) is 6.67 Å². The Balaban J connectivity index is -0.000000135. The molecule has 0 aromatic heterocycles. The maximum absolute atomic E-state index is 4.32. The van der Waals surface area contributed by atoms with Gasteiger partial charge in [-0.3, -0.25) is 6.67 Å². The Bertz CT molecular complexity index is 77.3. The minimum Gasteiger partial charge on any atom is -0.678 e. The molecule has 81 valence electrons. The zero-order valence-electron chi connectivity index (χ0n) is 10.0. The van der Waals surface area contributed by atoms with E-state index in [-0.39, 0.29) is 47.6 Å². The van der Waals surface area contributed by atoms with Crippen LogP contribution in [0.15, 0.2) is 0 Å². The number of hydrogen-bond acceptors (Lipinski definition) is 0. The predicted octanol–water partition coefficient (Wildman–Crippen LogP) is 3.80. The fourth-order valence-electron chi connectivity index (χ4n) is 0.479. The van der Waals surface area contributed by atoms with Crippen LogP contribution in [-0.4, -0.2) is 18.8 Å². The average Bonchev–Trinajstić information content (AvgIpc) is 1.87. The largest absolute Gasteiger partial charge is 0.678 e. The van der Waals surface area contributed by atoms with E-state index in [9.17, 15) is 0 Å². The smallest absolute Gasteiger partial charge is 0 e. The summed E-state index contributed by atoms with van der Waals surface area (Å²) in [6.45, 7) is 9.09. The molecule has 0 spiro atoms. The van der Waals surface area contributed by atoms with E-state index >= 15 is 0 Å². The second-order valence-corrected chi connectivity index (χ2v) is 2.86. The molecule has 0 rings (SSSR count). The Morgan fingerprint density at radius 3 is 1.77 bits per heavy atom. The van der Waals surface area contributed by atoms with Gasteiger partial charge in [-0.2, -0.15) is 0 Å². The van der Waals surface area contributed by atoms with E-state index in [1.54, 1.807) is 0 Å². The minimum absolute atomic E-state index is 0. The van der Waals surface area contributed by atoms with Crippen LogP contribution < -0.4 is 0 Å². The van der Waals surface area contributed by atoms with Crippen molar-refractivity contribution in [3.8, 4) is 0 Å². The zero-order chi connectivity index (χ0) is 7.98. The van der Waals surface area contributed by atoms with Gasteiger partial charge in [0.2, 0.25) is 0 Å². The monoisotopic (exact) mass is 261 g/mol. The van der Waals surface area contributed by atoms with Gasteiger partial charge in [0.05, 0.1) is 0 Å². The van der Waals surface area contributed by atoms with E-state index in [0.29, 0.717) is 18.8 Å². The number of nitrogens with zero attached hydrogens (tertiary/aromatic N) is 2. The van der Waals surface area contributed by atoms with Gasteiger partial charge in [0, 0.05) is 32.7 Å². The maximum Gasteiger partial charge on any atom is 0 e. The van der Waals surface area contributed by atoms with Crippen molar-refractivity contribution in [1.29, 1.82) is 0 Å². The predicted molar refractivity (Wildman–Crippen MR) is 59.3 cm³/mol. The van der Waals surface area contributed by atoms with Crippen molar-refractivity contribution in [1.82, 2.24) is 0 Å². The molecule has 0 N–H and O–H groups in total. The van der Waals surface area contributed by atoms with Crippen molar-refractivity contribution in [3.05, 3.63) is 25.5 Å². The summed E-state index contributed by atoms with van der Waals surface area (Å²) in [5, 5.41) is 8.56. The minimum atomic E-state index is 0.